The van der Waals surface area contributed by atoms with E-state index in [1.54, 1.807) is 0 Å². The van der Waals surface area contributed by atoms with Crippen molar-refractivity contribution in [2.45, 2.75) is 18.6 Å². The topological polar surface area (TPSA) is 35.2 Å². The Morgan fingerprint density at radius 2 is 1.44 bits per heavy atom. The fourth-order valence-corrected chi connectivity index (χ4v) is 2.14. The molecule has 0 spiro atoms. The Hall–Kier alpha value is -2.00. The van der Waals surface area contributed by atoms with E-state index in [2.05, 4.69) is 4.74 Å². The van der Waals surface area contributed by atoms with Crippen LogP contribution in [0.15, 0.2) is 42.5 Å². The second kappa shape index (κ2) is 7.49. The molecule has 0 aromatic heterocycles. The minimum atomic E-state index is -4.90. The number of hydrogen-bond acceptors (Lipinski definition) is 2. The Morgan fingerprint density at radius 1 is 0.880 bits per heavy atom. The van der Waals surface area contributed by atoms with Crippen LogP contribution >= 0.6 is 12.4 Å². The minimum Gasteiger partial charge on any atom is -0.406 e. The van der Waals surface area contributed by atoms with Crippen molar-refractivity contribution in [3.05, 3.63) is 65.0 Å². The molecule has 2 aromatic rings. The van der Waals surface area contributed by atoms with Gasteiger partial charge in [-0.15, -0.1) is 25.6 Å². The highest BCUT2D eigenvalue weighted by Crippen LogP contribution is 2.37. The van der Waals surface area contributed by atoms with Gasteiger partial charge in [-0.1, -0.05) is 18.2 Å². The van der Waals surface area contributed by atoms with Gasteiger partial charge >= 0.3 is 12.5 Å². The van der Waals surface area contributed by atoms with Crippen LogP contribution < -0.4 is 10.5 Å². The number of ether oxygens (including phenoxy) is 1. The van der Waals surface area contributed by atoms with Gasteiger partial charge in [-0.25, -0.2) is 4.39 Å². The lowest BCUT2D eigenvalue weighted by atomic mass is 9.94. The van der Waals surface area contributed by atoms with E-state index in [1.807, 2.05) is 0 Å². The molecule has 0 aliphatic heterocycles. The number of rotatable bonds is 3. The Bertz CT molecular complexity index is 713. The fraction of sp³-hybridized carbons (Fsp3) is 0.200. The highest BCUT2D eigenvalue weighted by Gasteiger charge is 2.36. The van der Waals surface area contributed by atoms with E-state index in [4.69, 9.17) is 5.73 Å². The number of nitrogens with two attached hydrogens (primary N) is 1. The van der Waals surface area contributed by atoms with Gasteiger partial charge in [-0.05, 0) is 29.8 Å². The highest BCUT2D eigenvalue weighted by atomic mass is 35.5. The highest BCUT2D eigenvalue weighted by molar-refractivity contribution is 5.85. The predicted octanol–water partition coefficient (Wildman–Crippen LogP) is 5.21. The monoisotopic (exact) mass is 389 g/mol. The van der Waals surface area contributed by atoms with Crippen LogP contribution in [0.4, 0.5) is 30.7 Å². The molecule has 0 saturated heterocycles. The molecule has 2 rings (SSSR count). The van der Waals surface area contributed by atoms with E-state index < -0.39 is 41.3 Å². The molecule has 0 fully saturated rings. The smallest absolute Gasteiger partial charge is 0.406 e. The average molecular weight is 390 g/mol. The second-order valence-electron chi connectivity index (χ2n) is 4.79. The lowest BCUT2D eigenvalue weighted by molar-refractivity contribution is -0.274. The first-order valence-electron chi connectivity index (χ1n) is 6.46. The van der Waals surface area contributed by atoms with Crippen molar-refractivity contribution in [3.63, 3.8) is 0 Å². The molecule has 0 radical (unpaired) electrons. The molecule has 0 aliphatic carbocycles. The summed E-state index contributed by atoms with van der Waals surface area (Å²) in [5, 5.41) is 0. The summed E-state index contributed by atoms with van der Waals surface area (Å²) < 4.78 is 92.7. The molecule has 2 N–H and O–H groups in total. The number of benzene rings is 2. The molecular weight excluding hydrogens is 379 g/mol. The molecule has 138 valence electrons. The minimum absolute atomic E-state index is 0. The summed E-state index contributed by atoms with van der Waals surface area (Å²) in [5.74, 6) is -1.73. The van der Waals surface area contributed by atoms with Crippen molar-refractivity contribution in [1.29, 1.82) is 0 Å². The third kappa shape index (κ3) is 5.23. The summed E-state index contributed by atoms with van der Waals surface area (Å²) in [6.45, 7) is 0. The quantitative estimate of drug-likeness (QED) is 0.731. The molecule has 0 saturated carbocycles. The van der Waals surface area contributed by atoms with Crippen LogP contribution in [0.5, 0.6) is 5.75 Å². The van der Waals surface area contributed by atoms with E-state index >= 15 is 0 Å². The second-order valence-corrected chi connectivity index (χ2v) is 4.79. The number of halogens is 8. The molecule has 0 heterocycles. The number of alkyl halides is 6. The molecule has 0 bridgehead atoms. The third-order valence-electron chi connectivity index (χ3n) is 3.14. The lowest BCUT2D eigenvalue weighted by Gasteiger charge is -2.19. The van der Waals surface area contributed by atoms with Crippen molar-refractivity contribution >= 4 is 12.4 Å². The van der Waals surface area contributed by atoms with Crippen molar-refractivity contribution in [3.8, 4) is 5.75 Å². The van der Waals surface area contributed by atoms with Crippen LogP contribution in [0.25, 0.3) is 0 Å². The summed E-state index contributed by atoms with van der Waals surface area (Å²) >= 11 is 0. The normalized spacial score (nSPS) is 13.1. The lowest BCUT2D eigenvalue weighted by Crippen LogP contribution is -2.20. The van der Waals surface area contributed by atoms with Gasteiger partial charge in [0.15, 0.2) is 0 Å². The summed E-state index contributed by atoms with van der Waals surface area (Å²) in [6, 6.07) is 4.74. The fourth-order valence-electron chi connectivity index (χ4n) is 2.14. The number of hydrogen-bond donors (Lipinski definition) is 1. The van der Waals surface area contributed by atoms with Crippen LogP contribution in [0.3, 0.4) is 0 Å². The zero-order valence-electron chi connectivity index (χ0n) is 12.2. The van der Waals surface area contributed by atoms with Crippen molar-refractivity contribution in [2.75, 3.05) is 0 Å². The molecule has 1 atom stereocenters. The van der Waals surface area contributed by atoms with Gasteiger partial charge in [0.05, 0.1) is 11.6 Å². The summed E-state index contributed by atoms with van der Waals surface area (Å²) in [7, 11) is 0. The maximum Gasteiger partial charge on any atom is 0.573 e. The molecule has 0 aliphatic rings. The Kier molecular flexibility index (Phi) is 6.30. The summed E-state index contributed by atoms with van der Waals surface area (Å²) in [4.78, 5) is 0. The van der Waals surface area contributed by atoms with Crippen LogP contribution in [-0.2, 0) is 6.18 Å². The standard InChI is InChI=1S/C15H10F7NO.ClH/c16-11-3-1-2-10(14(17,18)19)12(11)13(23)8-4-6-9(7-5-8)24-15(20,21)22;/h1-7,13H,23H2;1H/t13-;/m1./s1. The molecule has 0 amide bonds. The first-order chi connectivity index (χ1) is 11.0. The SMILES string of the molecule is Cl.N[C@H](c1ccc(OC(F)(F)F)cc1)c1c(F)cccc1C(F)(F)F. The maximum absolute atomic E-state index is 13.9. The van der Waals surface area contributed by atoms with Gasteiger partial charge in [0.25, 0.3) is 0 Å². The van der Waals surface area contributed by atoms with Crippen molar-refractivity contribution < 1.29 is 35.5 Å². The van der Waals surface area contributed by atoms with Gasteiger partial charge in [-0.3, -0.25) is 0 Å². The van der Waals surface area contributed by atoms with E-state index in [1.165, 1.54) is 0 Å². The van der Waals surface area contributed by atoms with Gasteiger partial charge in [0, 0.05) is 5.56 Å². The molecule has 25 heavy (non-hydrogen) atoms. The third-order valence-corrected chi connectivity index (χ3v) is 3.14. The first-order valence-corrected chi connectivity index (χ1v) is 6.46. The Balaban J connectivity index is 0.00000312. The Morgan fingerprint density at radius 3 is 1.92 bits per heavy atom. The summed E-state index contributed by atoms with van der Waals surface area (Å²) in [6.07, 6.45) is -9.73. The molecule has 2 nitrogen and oxygen atoms in total. The van der Waals surface area contributed by atoms with Gasteiger partial charge in [0.2, 0.25) is 0 Å². The van der Waals surface area contributed by atoms with E-state index in [0.717, 1.165) is 36.4 Å². The Labute approximate surface area is 143 Å². The van der Waals surface area contributed by atoms with Crippen molar-refractivity contribution in [1.82, 2.24) is 0 Å². The largest absolute Gasteiger partial charge is 0.573 e. The van der Waals surface area contributed by atoms with Gasteiger partial charge in [0.1, 0.15) is 11.6 Å². The zero-order chi connectivity index (χ0) is 18.1. The average Bonchev–Trinajstić information content (AvgIpc) is 2.44. The van der Waals surface area contributed by atoms with Crippen LogP contribution in [0.1, 0.15) is 22.7 Å². The molecule has 2 aromatic carbocycles. The van der Waals surface area contributed by atoms with E-state index in [-0.39, 0.29) is 18.0 Å². The van der Waals surface area contributed by atoms with Gasteiger partial charge < -0.3 is 10.5 Å². The van der Waals surface area contributed by atoms with Gasteiger partial charge in [-0.2, -0.15) is 13.2 Å². The summed E-state index contributed by atoms with van der Waals surface area (Å²) in [5.41, 5.74) is 3.66. The predicted molar refractivity (Wildman–Crippen MR) is 77.8 cm³/mol. The van der Waals surface area contributed by atoms with Crippen molar-refractivity contribution in [2.24, 2.45) is 5.73 Å². The maximum atomic E-state index is 13.9. The molecular formula is C15H11ClF7NO. The molecule has 0 unspecified atom stereocenters. The van der Waals surface area contributed by atoms with E-state index in [0.29, 0.717) is 6.07 Å². The van der Waals surface area contributed by atoms with Crippen LogP contribution in [0.2, 0.25) is 0 Å². The first kappa shape index (κ1) is 21.0. The molecule has 10 heteroatoms. The zero-order valence-corrected chi connectivity index (χ0v) is 13.0. The van der Waals surface area contributed by atoms with Crippen LogP contribution in [0, 0.1) is 5.82 Å². The van der Waals surface area contributed by atoms with Crippen LogP contribution in [-0.4, -0.2) is 6.36 Å². The van der Waals surface area contributed by atoms with E-state index in [9.17, 15) is 30.7 Å².